The summed E-state index contributed by atoms with van der Waals surface area (Å²) in [5.41, 5.74) is 5.32. The third kappa shape index (κ3) is 5.42. The van der Waals surface area contributed by atoms with Crippen LogP contribution in [0.1, 0.15) is 31.9 Å². The van der Waals surface area contributed by atoms with Gasteiger partial charge >= 0.3 is 6.03 Å². The first-order chi connectivity index (χ1) is 10.8. The number of rotatable bonds is 3. The minimum Gasteiger partial charge on any atom is -0.306 e. The number of nitrogens with one attached hydrogen (secondary N) is 2. The van der Waals surface area contributed by atoms with Crippen LogP contribution in [0.5, 0.6) is 0 Å². The lowest BCUT2D eigenvalue weighted by Gasteiger charge is -2.18. The largest absolute Gasteiger partial charge is 0.339 e. The number of carbonyl (C=O) groups is 1. The Labute approximate surface area is 141 Å². The topological polar surface area (TPSA) is 53.5 Å². The first-order valence-corrected chi connectivity index (χ1v) is 7.68. The lowest BCUT2D eigenvalue weighted by atomic mass is 9.87. The molecule has 0 spiro atoms. The molecule has 23 heavy (non-hydrogen) atoms. The Bertz CT molecular complexity index is 703. The van der Waals surface area contributed by atoms with Crippen LogP contribution in [0, 0.1) is 0 Å². The van der Waals surface area contributed by atoms with Crippen LogP contribution in [0.25, 0.3) is 0 Å². The van der Waals surface area contributed by atoms with Gasteiger partial charge in [0.25, 0.3) is 0 Å². The molecule has 0 atom stereocenters. The van der Waals surface area contributed by atoms with E-state index in [2.05, 4.69) is 48.7 Å². The summed E-state index contributed by atoms with van der Waals surface area (Å²) in [7, 11) is 0. The zero-order valence-electron chi connectivity index (χ0n) is 13.4. The van der Waals surface area contributed by atoms with Gasteiger partial charge in [-0.15, -0.1) is 0 Å². The Kier molecular flexibility index (Phi) is 5.40. The van der Waals surface area contributed by atoms with Gasteiger partial charge in [-0.05, 0) is 34.7 Å². The molecule has 0 saturated heterocycles. The van der Waals surface area contributed by atoms with Gasteiger partial charge in [0, 0.05) is 10.7 Å². The monoisotopic (exact) mass is 329 g/mol. The van der Waals surface area contributed by atoms with E-state index in [0.29, 0.717) is 10.7 Å². The number of halogens is 1. The maximum absolute atomic E-state index is 11.7. The number of nitrogens with zero attached hydrogens (tertiary/aromatic N) is 1. The summed E-state index contributed by atoms with van der Waals surface area (Å²) < 4.78 is 0. The number of hydrazone groups is 1. The van der Waals surface area contributed by atoms with Gasteiger partial charge in [-0.1, -0.05) is 62.7 Å². The van der Waals surface area contributed by atoms with Crippen molar-refractivity contribution in [3.63, 3.8) is 0 Å². The van der Waals surface area contributed by atoms with Crippen LogP contribution < -0.4 is 10.7 Å². The van der Waals surface area contributed by atoms with Crippen LogP contribution >= 0.6 is 11.6 Å². The number of amides is 2. The summed E-state index contributed by atoms with van der Waals surface area (Å²) in [4.78, 5) is 11.7. The predicted octanol–water partition coefficient (Wildman–Crippen LogP) is 4.79. The maximum Gasteiger partial charge on any atom is 0.339 e. The van der Waals surface area contributed by atoms with E-state index < -0.39 is 6.03 Å². The first kappa shape index (κ1) is 17.0. The molecule has 2 rings (SSSR count). The Morgan fingerprint density at radius 2 is 1.83 bits per heavy atom. The molecule has 0 radical (unpaired) electrons. The molecule has 0 saturated carbocycles. The van der Waals surface area contributed by atoms with Gasteiger partial charge in [0.15, 0.2) is 0 Å². The van der Waals surface area contributed by atoms with Gasteiger partial charge in [-0.3, -0.25) is 0 Å². The fourth-order valence-corrected chi connectivity index (χ4v) is 2.15. The van der Waals surface area contributed by atoms with Gasteiger partial charge in [0.05, 0.1) is 6.21 Å². The highest BCUT2D eigenvalue weighted by Crippen LogP contribution is 2.21. The summed E-state index contributed by atoms with van der Waals surface area (Å²) in [6, 6.07) is 14.6. The molecule has 0 aromatic heterocycles. The molecular weight excluding hydrogens is 310 g/mol. The molecule has 2 N–H and O–H groups in total. The fourth-order valence-electron chi connectivity index (χ4n) is 1.96. The van der Waals surface area contributed by atoms with E-state index in [-0.39, 0.29) is 5.41 Å². The molecule has 0 aliphatic carbocycles. The Morgan fingerprint density at radius 3 is 2.43 bits per heavy atom. The number of hydrogen-bond donors (Lipinski definition) is 2. The van der Waals surface area contributed by atoms with Gasteiger partial charge < -0.3 is 5.32 Å². The minimum absolute atomic E-state index is 0.116. The summed E-state index contributed by atoms with van der Waals surface area (Å²) in [6.07, 6.45) is 1.60. The van der Waals surface area contributed by atoms with Crippen molar-refractivity contribution in [1.82, 2.24) is 5.43 Å². The molecule has 2 amide bonds. The zero-order valence-corrected chi connectivity index (χ0v) is 14.2. The van der Waals surface area contributed by atoms with Crippen LogP contribution in [0.4, 0.5) is 10.5 Å². The van der Waals surface area contributed by atoms with Crippen LogP contribution in [0.2, 0.25) is 5.02 Å². The van der Waals surface area contributed by atoms with Gasteiger partial charge in [-0.25, -0.2) is 10.2 Å². The maximum atomic E-state index is 11.7. The molecule has 0 fully saturated rings. The van der Waals surface area contributed by atoms with Crippen molar-refractivity contribution in [3.8, 4) is 0 Å². The summed E-state index contributed by atoms with van der Waals surface area (Å²) in [5, 5.41) is 7.14. The quantitative estimate of drug-likeness (QED) is 0.617. The first-order valence-electron chi connectivity index (χ1n) is 7.31. The molecule has 2 aromatic carbocycles. The van der Waals surface area contributed by atoms with Crippen molar-refractivity contribution < 1.29 is 4.79 Å². The summed E-state index contributed by atoms with van der Waals surface area (Å²) in [5.74, 6) is 0. The van der Waals surface area contributed by atoms with Crippen LogP contribution in [0.15, 0.2) is 53.6 Å². The molecule has 5 heteroatoms. The number of benzene rings is 2. The number of carbonyl (C=O) groups excluding carboxylic acids is 1. The SMILES string of the molecule is CC(C)(C)c1ccc(/C=N\NC(=O)Nc2cccc(Cl)c2)cc1. The standard InChI is InChI=1S/C18H20ClN3O/c1-18(2,3)14-9-7-13(8-10-14)12-20-22-17(23)21-16-6-4-5-15(19)11-16/h4-12H,1-3H3,(H2,21,22,23)/b20-12-. The number of hydrogen-bond acceptors (Lipinski definition) is 2. The highest BCUT2D eigenvalue weighted by atomic mass is 35.5. The van der Waals surface area contributed by atoms with Crippen molar-refractivity contribution in [1.29, 1.82) is 0 Å². The van der Waals surface area contributed by atoms with E-state index in [1.54, 1.807) is 30.5 Å². The van der Waals surface area contributed by atoms with Gasteiger partial charge in [-0.2, -0.15) is 5.10 Å². The summed E-state index contributed by atoms with van der Waals surface area (Å²) >= 11 is 5.86. The Balaban J connectivity index is 1.90. The normalized spacial score (nSPS) is 11.5. The second-order valence-corrected chi connectivity index (χ2v) is 6.64. The second-order valence-electron chi connectivity index (χ2n) is 6.21. The third-order valence-electron chi connectivity index (χ3n) is 3.24. The Hall–Kier alpha value is -2.33. The van der Waals surface area contributed by atoms with E-state index >= 15 is 0 Å². The van der Waals surface area contributed by atoms with E-state index in [0.717, 1.165) is 5.56 Å². The molecule has 0 heterocycles. The van der Waals surface area contributed by atoms with E-state index in [4.69, 9.17) is 11.6 Å². The average molecular weight is 330 g/mol. The van der Waals surface area contributed by atoms with Crippen molar-refractivity contribution in [2.75, 3.05) is 5.32 Å². The van der Waals surface area contributed by atoms with E-state index in [1.165, 1.54) is 5.56 Å². The highest BCUT2D eigenvalue weighted by molar-refractivity contribution is 6.30. The van der Waals surface area contributed by atoms with Crippen molar-refractivity contribution >= 4 is 29.5 Å². The molecule has 0 aliphatic heterocycles. The molecule has 0 aliphatic rings. The van der Waals surface area contributed by atoms with Gasteiger partial charge in [0.1, 0.15) is 0 Å². The van der Waals surface area contributed by atoms with Crippen LogP contribution in [0.3, 0.4) is 0 Å². The van der Waals surface area contributed by atoms with Crippen molar-refractivity contribution in [2.45, 2.75) is 26.2 Å². The molecular formula is C18H20ClN3O. The van der Waals surface area contributed by atoms with E-state index in [1.807, 2.05) is 12.1 Å². The molecule has 120 valence electrons. The molecule has 2 aromatic rings. The smallest absolute Gasteiger partial charge is 0.306 e. The van der Waals surface area contributed by atoms with Crippen molar-refractivity contribution in [3.05, 3.63) is 64.7 Å². The number of urea groups is 1. The summed E-state index contributed by atoms with van der Waals surface area (Å²) in [6.45, 7) is 6.49. The molecule has 4 nitrogen and oxygen atoms in total. The highest BCUT2D eigenvalue weighted by Gasteiger charge is 2.12. The van der Waals surface area contributed by atoms with E-state index in [9.17, 15) is 4.79 Å². The molecule has 0 unspecified atom stereocenters. The van der Waals surface area contributed by atoms with Crippen LogP contribution in [-0.2, 0) is 5.41 Å². The lowest BCUT2D eigenvalue weighted by Crippen LogP contribution is -2.24. The molecule has 0 bridgehead atoms. The minimum atomic E-state index is -0.421. The second kappa shape index (κ2) is 7.29. The number of anilines is 1. The van der Waals surface area contributed by atoms with Crippen molar-refractivity contribution in [2.24, 2.45) is 5.10 Å². The zero-order chi connectivity index (χ0) is 16.9. The average Bonchev–Trinajstić information content (AvgIpc) is 2.47. The lowest BCUT2D eigenvalue weighted by molar-refractivity contribution is 0.252. The third-order valence-corrected chi connectivity index (χ3v) is 3.47. The van der Waals surface area contributed by atoms with Gasteiger partial charge in [0.2, 0.25) is 0 Å². The fraction of sp³-hybridized carbons (Fsp3) is 0.222. The van der Waals surface area contributed by atoms with Crippen LogP contribution in [-0.4, -0.2) is 12.2 Å². The Morgan fingerprint density at radius 1 is 1.13 bits per heavy atom. The predicted molar refractivity (Wildman–Crippen MR) is 96.3 cm³/mol.